The van der Waals surface area contributed by atoms with E-state index in [9.17, 15) is 0 Å². The molecule has 0 aromatic carbocycles. The fourth-order valence-electron chi connectivity index (χ4n) is 1.93. The van der Waals surface area contributed by atoms with Crippen LogP contribution in [0.3, 0.4) is 0 Å². The van der Waals surface area contributed by atoms with Crippen LogP contribution in [0.25, 0.3) is 11.0 Å². The zero-order valence-corrected chi connectivity index (χ0v) is 8.98. The van der Waals surface area contributed by atoms with E-state index < -0.39 is 0 Å². The summed E-state index contributed by atoms with van der Waals surface area (Å²) in [6.07, 6.45) is 3.22. The van der Waals surface area contributed by atoms with Gasteiger partial charge in [-0.05, 0) is 6.07 Å². The van der Waals surface area contributed by atoms with Crippen molar-refractivity contribution < 1.29 is 14.9 Å². The highest BCUT2D eigenvalue weighted by atomic mass is 17.2. The zero-order valence-electron chi connectivity index (χ0n) is 8.98. The molecule has 7 heteroatoms. The van der Waals surface area contributed by atoms with Crippen LogP contribution >= 0.6 is 0 Å². The highest BCUT2D eigenvalue weighted by molar-refractivity contribution is 5.86. The second-order valence-corrected chi connectivity index (χ2v) is 3.91. The third kappa shape index (κ3) is 1.64. The Balaban J connectivity index is 1.99. The lowest BCUT2D eigenvalue weighted by atomic mass is 10.2. The molecule has 3 N–H and O–H groups in total. The Morgan fingerprint density at radius 1 is 1.47 bits per heavy atom. The minimum atomic E-state index is -0.295. The Labute approximate surface area is 96.7 Å². The number of aromatic nitrogens is 3. The van der Waals surface area contributed by atoms with Crippen LogP contribution < -0.4 is 5.73 Å². The lowest BCUT2D eigenvalue weighted by Crippen LogP contribution is -2.11. The van der Waals surface area contributed by atoms with Crippen LogP contribution in [-0.4, -0.2) is 32.4 Å². The summed E-state index contributed by atoms with van der Waals surface area (Å²) in [4.78, 5) is 18.2. The summed E-state index contributed by atoms with van der Waals surface area (Å²) in [5.74, 6) is 0.436. The molecule has 3 heterocycles. The standard InChI is InChI=1S/C10H12N4O3/c11-9-7-1-2-14(10(7)13-5-12-9)8-3-6(4-15)16-17-8/h1-2,5-6,8,15H,3-4H2,(H2,11,12,13)/t6?,8-/m0/s1. The quantitative estimate of drug-likeness (QED) is 0.724. The second-order valence-electron chi connectivity index (χ2n) is 3.91. The number of fused-ring (bicyclic) bond motifs is 1. The molecule has 3 rings (SSSR count). The number of aliphatic hydroxyl groups excluding tert-OH is 1. The number of nitrogen functional groups attached to an aromatic ring is 1. The molecule has 2 atom stereocenters. The van der Waals surface area contributed by atoms with Gasteiger partial charge in [-0.15, -0.1) is 0 Å². The van der Waals surface area contributed by atoms with Gasteiger partial charge >= 0.3 is 0 Å². The van der Waals surface area contributed by atoms with E-state index in [4.69, 9.17) is 20.6 Å². The molecule has 1 aliphatic rings. The van der Waals surface area contributed by atoms with Gasteiger partial charge in [-0.2, -0.15) is 0 Å². The van der Waals surface area contributed by atoms with Gasteiger partial charge in [-0.3, -0.25) is 0 Å². The van der Waals surface area contributed by atoms with Crippen molar-refractivity contribution in [2.75, 3.05) is 12.3 Å². The molecule has 17 heavy (non-hydrogen) atoms. The first-order chi connectivity index (χ1) is 8.29. The number of aliphatic hydroxyl groups is 1. The molecule has 0 aliphatic carbocycles. The largest absolute Gasteiger partial charge is 0.394 e. The maximum atomic E-state index is 8.98. The summed E-state index contributed by atoms with van der Waals surface area (Å²) >= 11 is 0. The molecule has 0 saturated carbocycles. The summed E-state index contributed by atoms with van der Waals surface area (Å²) in [6, 6.07) is 1.83. The fraction of sp³-hybridized carbons (Fsp3) is 0.400. The van der Waals surface area contributed by atoms with Crippen molar-refractivity contribution in [1.29, 1.82) is 0 Å². The number of rotatable bonds is 2. The first kappa shape index (κ1) is 10.5. The van der Waals surface area contributed by atoms with E-state index in [1.54, 1.807) is 0 Å². The maximum Gasteiger partial charge on any atom is 0.172 e. The molecule has 1 unspecified atom stereocenters. The molecule has 0 radical (unpaired) electrons. The van der Waals surface area contributed by atoms with Crippen LogP contribution in [-0.2, 0) is 9.78 Å². The Morgan fingerprint density at radius 2 is 2.35 bits per heavy atom. The maximum absolute atomic E-state index is 8.98. The highest BCUT2D eigenvalue weighted by Gasteiger charge is 2.29. The summed E-state index contributed by atoms with van der Waals surface area (Å²) < 4.78 is 1.82. The molecule has 7 nitrogen and oxygen atoms in total. The average molecular weight is 236 g/mol. The van der Waals surface area contributed by atoms with Gasteiger partial charge in [0.1, 0.15) is 23.9 Å². The molecule has 0 amide bonds. The highest BCUT2D eigenvalue weighted by Crippen LogP contribution is 2.29. The van der Waals surface area contributed by atoms with Crippen LogP contribution in [0.15, 0.2) is 18.6 Å². The van der Waals surface area contributed by atoms with Gasteiger partial charge in [-0.1, -0.05) is 0 Å². The van der Waals surface area contributed by atoms with Gasteiger partial charge in [-0.25, -0.2) is 19.7 Å². The van der Waals surface area contributed by atoms with E-state index in [1.165, 1.54) is 6.33 Å². The van der Waals surface area contributed by atoms with Crippen molar-refractivity contribution in [3.63, 3.8) is 0 Å². The number of hydrogen-bond donors (Lipinski definition) is 2. The normalized spacial score (nSPS) is 24.5. The number of nitrogens with two attached hydrogens (primary N) is 1. The molecule has 1 saturated heterocycles. The van der Waals surface area contributed by atoms with Gasteiger partial charge in [0.2, 0.25) is 0 Å². The molecular formula is C10H12N4O3. The molecule has 0 bridgehead atoms. The molecule has 2 aromatic heterocycles. The zero-order chi connectivity index (χ0) is 11.8. The van der Waals surface area contributed by atoms with Gasteiger partial charge in [0.25, 0.3) is 0 Å². The Morgan fingerprint density at radius 3 is 3.12 bits per heavy atom. The van der Waals surface area contributed by atoms with Crippen molar-refractivity contribution in [3.8, 4) is 0 Å². The monoisotopic (exact) mass is 236 g/mol. The molecule has 2 aromatic rings. The summed E-state index contributed by atoms with van der Waals surface area (Å²) in [5.41, 5.74) is 6.44. The molecule has 1 aliphatic heterocycles. The molecule has 1 fully saturated rings. The summed E-state index contributed by atoms with van der Waals surface area (Å²) in [5, 5.41) is 9.76. The lowest BCUT2D eigenvalue weighted by Gasteiger charge is -2.09. The predicted octanol–water partition coefficient (Wildman–Crippen LogP) is 0.225. The van der Waals surface area contributed by atoms with Gasteiger partial charge < -0.3 is 15.4 Å². The topological polar surface area (TPSA) is 95.4 Å². The fourth-order valence-corrected chi connectivity index (χ4v) is 1.93. The van der Waals surface area contributed by atoms with E-state index in [1.807, 2.05) is 16.8 Å². The van der Waals surface area contributed by atoms with Crippen molar-refractivity contribution in [1.82, 2.24) is 14.5 Å². The van der Waals surface area contributed by atoms with Crippen molar-refractivity contribution >= 4 is 16.9 Å². The van der Waals surface area contributed by atoms with E-state index in [-0.39, 0.29) is 18.9 Å². The van der Waals surface area contributed by atoms with Crippen molar-refractivity contribution in [2.45, 2.75) is 18.8 Å². The number of nitrogens with zero attached hydrogens (tertiary/aromatic N) is 3. The number of hydrogen-bond acceptors (Lipinski definition) is 6. The predicted molar refractivity (Wildman–Crippen MR) is 58.6 cm³/mol. The van der Waals surface area contributed by atoms with E-state index in [2.05, 4.69) is 9.97 Å². The van der Waals surface area contributed by atoms with Crippen LogP contribution in [0.2, 0.25) is 0 Å². The minimum absolute atomic E-state index is 0.0627. The SMILES string of the molecule is Nc1ncnc2c1ccn2[C@@H]1CC(CO)OO1. The first-order valence-electron chi connectivity index (χ1n) is 5.29. The van der Waals surface area contributed by atoms with Crippen molar-refractivity contribution in [2.24, 2.45) is 0 Å². The van der Waals surface area contributed by atoms with E-state index in [0.29, 0.717) is 17.9 Å². The second kappa shape index (κ2) is 3.95. The third-order valence-electron chi connectivity index (χ3n) is 2.82. The van der Waals surface area contributed by atoms with Gasteiger partial charge in [0, 0.05) is 12.6 Å². The summed E-state index contributed by atoms with van der Waals surface area (Å²) in [7, 11) is 0. The lowest BCUT2D eigenvalue weighted by molar-refractivity contribution is -0.313. The Kier molecular flexibility index (Phi) is 2.43. The molecule has 0 spiro atoms. The third-order valence-corrected chi connectivity index (χ3v) is 2.82. The summed E-state index contributed by atoms with van der Waals surface area (Å²) in [6.45, 7) is -0.0627. The van der Waals surface area contributed by atoms with Gasteiger partial charge in [0.05, 0.1) is 12.0 Å². The Hall–Kier alpha value is -1.70. The van der Waals surface area contributed by atoms with Crippen LogP contribution in [0.5, 0.6) is 0 Å². The van der Waals surface area contributed by atoms with Crippen molar-refractivity contribution in [3.05, 3.63) is 18.6 Å². The number of anilines is 1. The van der Waals surface area contributed by atoms with Gasteiger partial charge in [0.15, 0.2) is 6.23 Å². The van der Waals surface area contributed by atoms with Crippen LogP contribution in [0, 0.1) is 0 Å². The Bertz CT molecular complexity index is 541. The smallest absolute Gasteiger partial charge is 0.172 e. The molecular weight excluding hydrogens is 224 g/mol. The average Bonchev–Trinajstić information content (AvgIpc) is 2.94. The first-order valence-corrected chi connectivity index (χ1v) is 5.29. The minimum Gasteiger partial charge on any atom is -0.394 e. The van der Waals surface area contributed by atoms with E-state index in [0.717, 1.165) is 5.39 Å². The van der Waals surface area contributed by atoms with Crippen LogP contribution in [0.4, 0.5) is 5.82 Å². The van der Waals surface area contributed by atoms with E-state index >= 15 is 0 Å². The van der Waals surface area contributed by atoms with Crippen LogP contribution in [0.1, 0.15) is 12.6 Å². The molecule has 90 valence electrons.